The molecule has 0 bridgehead atoms. The normalized spacial score (nSPS) is 10.6. The first-order chi connectivity index (χ1) is 13.4. The molecular weight excluding hydrogens is 348 g/mol. The van der Waals surface area contributed by atoms with Gasteiger partial charge in [-0.25, -0.2) is 4.98 Å². The van der Waals surface area contributed by atoms with E-state index in [1.165, 1.54) is 11.1 Å². The smallest absolute Gasteiger partial charge is 0.255 e. The molecule has 0 atom stereocenters. The lowest BCUT2D eigenvalue weighted by molar-refractivity contribution is 0.102. The standard InChI is InChI=1S/C23H26N4O/c1-16-13-17(2)22(18(3)14-16)26-23(28)20-7-11-25-21(15-20)27(4)12-8-19-5-9-24-10-6-19/h5-7,9-11,13-15H,8,12H2,1-4H3,(H,26,28). The number of carbonyl (C=O) groups is 1. The number of pyridine rings is 2. The molecule has 0 fully saturated rings. The Kier molecular flexibility index (Phi) is 6.04. The molecule has 144 valence electrons. The number of anilines is 2. The van der Waals surface area contributed by atoms with Crippen LogP contribution in [0.3, 0.4) is 0 Å². The molecule has 1 aromatic carbocycles. The molecule has 2 aromatic heterocycles. The van der Waals surface area contributed by atoms with Crippen molar-refractivity contribution in [2.45, 2.75) is 27.2 Å². The van der Waals surface area contributed by atoms with Crippen LogP contribution in [-0.2, 0) is 6.42 Å². The van der Waals surface area contributed by atoms with Gasteiger partial charge in [0.15, 0.2) is 0 Å². The number of aromatic nitrogens is 2. The fraction of sp³-hybridized carbons (Fsp3) is 0.261. The SMILES string of the molecule is Cc1cc(C)c(NC(=O)c2ccnc(N(C)CCc3ccncc3)c2)c(C)c1. The Balaban J connectivity index is 1.71. The van der Waals surface area contributed by atoms with Crippen LogP contribution in [0.25, 0.3) is 0 Å². The lowest BCUT2D eigenvalue weighted by Gasteiger charge is -2.19. The van der Waals surface area contributed by atoms with Gasteiger partial charge in [-0.2, -0.15) is 0 Å². The van der Waals surface area contributed by atoms with Crippen LogP contribution in [0.4, 0.5) is 11.5 Å². The van der Waals surface area contributed by atoms with Gasteiger partial charge in [0.25, 0.3) is 5.91 Å². The first-order valence-electron chi connectivity index (χ1n) is 9.39. The molecule has 0 aliphatic carbocycles. The van der Waals surface area contributed by atoms with Crippen LogP contribution >= 0.6 is 0 Å². The second-order valence-corrected chi connectivity index (χ2v) is 7.16. The average molecular weight is 374 g/mol. The number of aryl methyl sites for hydroxylation is 3. The van der Waals surface area contributed by atoms with Crippen LogP contribution in [-0.4, -0.2) is 29.5 Å². The zero-order valence-electron chi connectivity index (χ0n) is 16.9. The van der Waals surface area contributed by atoms with Crippen LogP contribution < -0.4 is 10.2 Å². The Labute approximate surface area is 166 Å². The van der Waals surface area contributed by atoms with Crippen molar-refractivity contribution in [3.8, 4) is 0 Å². The molecule has 3 aromatic rings. The van der Waals surface area contributed by atoms with E-state index in [1.54, 1.807) is 24.7 Å². The molecule has 5 nitrogen and oxygen atoms in total. The number of likely N-dealkylation sites (N-methyl/N-ethyl adjacent to an activating group) is 1. The van der Waals surface area contributed by atoms with Gasteiger partial charge in [-0.05, 0) is 68.1 Å². The first kappa shape index (κ1) is 19.5. The Bertz CT molecular complexity index is 946. The van der Waals surface area contributed by atoms with Gasteiger partial charge in [-0.1, -0.05) is 17.7 Å². The van der Waals surface area contributed by atoms with E-state index in [1.807, 2.05) is 39.1 Å². The Morgan fingerprint density at radius 2 is 1.68 bits per heavy atom. The summed E-state index contributed by atoms with van der Waals surface area (Å²) in [7, 11) is 1.99. The average Bonchev–Trinajstić information content (AvgIpc) is 2.69. The van der Waals surface area contributed by atoms with E-state index in [-0.39, 0.29) is 5.91 Å². The molecule has 0 radical (unpaired) electrons. The summed E-state index contributed by atoms with van der Waals surface area (Å²) in [6.45, 7) is 6.89. The molecule has 0 saturated heterocycles. The van der Waals surface area contributed by atoms with Crippen molar-refractivity contribution < 1.29 is 4.79 Å². The summed E-state index contributed by atoms with van der Waals surface area (Å²) in [5, 5.41) is 3.05. The lowest BCUT2D eigenvalue weighted by Crippen LogP contribution is -2.22. The van der Waals surface area contributed by atoms with Crippen molar-refractivity contribution in [1.29, 1.82) is 0 Å². The van der Waals surface area contributed by atoms with Crippen LogP contribution in [0.1, 0.15) is 32.6 Å². The summed E-state index contributed by atoms with van der Waals surface area (Å²) in [4.78, 5) is 23.3. The molecule has 28 heavy (non-hydrogen) atoms. The Morgan fingerprint density at radius 1 is 1.00 bits per heavy atom. The fourth-order valence-corrected chi connectivity index (χ4v) is 3.29. The predicted molar refractivity (Wildman–Crippen MR) is 114 cm³/mol. The quantitative estimate of drug-likeness (QED) is 0.698. The minimum Gasteiger partial charge on any atom is -0.359 e. The number of amides is 1. The molecule has 0 aliphatic rings. The van der Waals surface area contributed by atoms with Crippen LogP contribution in [0.2, 0.25) is 0 Å². The van der Waals surface area contributed by atoms with Gasteiger partial charge in [-0.15, -0.1) is 0 Å². The highest BCUT2D eigenvalue weighted by Crippen LogP contribution is 2.23. The molecule has 5 heteroatoms. The zero-order chi connectivity index (χ0) is 20.1. The molecule has 1 amide bonds. The number of hydrogen-bond acceptors (Lipinski definition) is 4. The fourth-order valence-electron chi connectivity index (χ4n) is 3.29. The molecule has 0 unspecified atom stereocenters. The van der Waals surface area contributed by atoms with Crippen molar-refractivity contribution >= 4 is 17.4 Å². The van der Waals surface area contributed by atoms with E-state index in [0.29, 0.717) is 5.56 Å². The first-order valence-corrected chi connectivity index (χ1v) is 9.39. The lowest BCUT2D eigenvalue weighted by atomic mass is 10.0. The summed E-state index contributed by atoms with van der Waals surface area (Å²) < 4.78 is 0. The van der Waals surface area contributed by atoms with Crippen LogP contribution in [0.15, 0.2) is 55.0 Å². The number of hydrogen-bond donors (Lipinski definition) is 1. The second kappa shape index (κ2) is 8.65. The molecule has 0 saturated carbocycles. The summed E-state index contributed by atoms with van der Waals surface area (Å²) in [6.07, 6.45) is 6.17. The number of benzene rings is 1. The summed E-state index contributed by atoms with van der Waals surface area (Å²) in [5.41, 5.74) is 6.01. The minimum atomic E-state index is -0.124. The van der Waals surface area contributed by atoms with E-state index in [4.69, 9.17) is 0 Å². The number of carbonyl (C=O) groups excluding carboxylic acids is 1. The number of nitrogens with zero attached hydrogens (tertiary/aromatic N) is 3. The maximum Gasteiger partial charge on any atom is 0.255 e. The van der Waals surface area contributed by atoms with Gasteiger partial charge in [0.1, 0.15) is 5.82 Å². The van der Waals surface area contributed by atoms with Crippen molar-refractivity contribution in [2.24, 2.45) is 0 Å². The van der Waals surface area contributed by atoms with Gasteiger partial charge in [-0.3, -0.25) is 9.78 Å². The maximum absolute atomic E-state index is 12.8. The monoisotopic (exact) mass is 374 g/mol. The van der Waals surface area contributed by atoms with E-state index >= 15 is 0 Å². The third-order valence-corrected chi connectivity index (χ3v) is 4.80. The second-order valence-electron chi connectivity index (χ2n) is 7.16. The van der Waals surface area contributed by atoms with Crippen LogP contribution in [0.5, 0.6) is 0 Å². The van der Waals surface area contributed by atoms with E-state index in [0.717, 1.165) is 35.6 Å². The number of rotatable bonds is 6. The van der Waals surface area contributed by atoms with E-state index in [2.05, 4.69) is 39.2 Å². The highest BCUT2D eigenvalue weighted by molar-refractivity contribution is 6.05. The molecule has 3 rings (SSSR count). The highest BCUT2D eigenvalue weighted by Gasteiger charge is 2.12. The Hall–Kier alpha value is -3.21. The van der Waals surface area contributed by atoms with Crippen molar-refractivity contribution in [3.05, 3.63) is 82.8 Å². The largest absolute Gasteiger partial charge is 0.359 e. The van der Waals surface area contributed by atoms with Crippen molar-refractivity contribution in [1.82, 2.24) is 9.97 Å². The van der Waals surface area contributed by atoms with E-state index in [9.17, 15) is 4.79 Å². The highest BCUT2D eigenvalue weighted by atomic mass is 16.1. The summed E-state index contributed by atoms with van der Waals surface area (Å²) in [6, 6.07) is 11.8. The molecular formula is C23H26N4O. The van der Waals surface area contributed by atoms with Gasteiger partial charge < -0.3 is 10.2 Å². The maximum atomic E-state index is 12.8. The summed E-state index contributed by atoms with van der Waals surface area (Å²) in [5.74, 6) is 0.653. The number of nitrogens with one attached hydrogen (secondary N) is 1. The topological polar surface area (TPSA) is 58.1 Å². The predicted octanol–water partition coefficient (Wildman–Crippen LogP) is 4.33. The minimum absolute atomic E-state index is 0.124. The van der Waals surface area contributed by atoms with Gasteiger partial charge >= 0.3 is 0 Å². The molecule has 1 N–H and O–H groups in total. The van der Waals surface area contributed by atoms with Gasteiger partial charge in [0, 0.05) is 43.4 Å². The van der Waals surface area contributed by atoms with Crippen molar-refractivity contribution in [2.75, 3.05) is 23.8 Å². The Morgan fingerprint density at radius 3 is 2.36 bits per heavy atom. The zero-order valence-corrected chi connectivity index (χ0v) is 16.9. The molecule has 0 aliphatic heterocycles. The van der Waals surface area contributed by atoms with E-state index < -0.39 is 0 Å². The molecule has 0 spiro atoms. The van der Waals surface area contributed by atoms with Gasteiger partial charge in [0.2, 0.25) is 0 Å². The van der Waals surface area contributed by atoms with Crippen molar-refractivity contribution in [3.63, 3.8) is 0 Å². The van der Waals surface area contributed by atoms with Crippen LogP contribution in [0, 0.1) is 20.8 Å². The van der Waals surface area contributed by atoms with Gasteiger partial charge in [0.05, 0.1) is 0 Å². The third-order valence-electron chi connectivity index (χ3n) is 4.80. The summed E-state index contributed by atoms with van der Waals surface area (Å²) >= 11 is 0. The molecule has 2 heterocycles. The third kappa shape index (κ3) is 4.74.